The molecule has 2 N–H and O–H groups in total. The third-order valence-corrected chi connectivity index (χ3v) is 4.91. The molecule has 0 spiro atoms. The molecule has 2 aromatic rings. The van der Waals surface area contributed by atoms with Crippen molar-refractivity contribution in [2.24, 2.45) is 0 Å². The lowest BCUT2D eigenvalue weighted by atomic mass is 9.91. The van der Waals surface area contributed by atoms with Crippen LogP contribution in [0.5, 0.6) is 0 Å². The standard InChI is InChI=1S/C21H20N4O3/c1-13-5-4-6-14(2)18(13)23-17(26)12-25-19(27)21(3,24-20(25)28)16-9-7-15(11-22)8-10-16/h4-10H,12H2,1-3H3,(H,23,26)(H,24,28). The predicted molar refractivity (Wildman–Crippen MR) is 103 cm³/mol. The van der Waals surface area contributed by atoms with Crippen LogP contribution >= 0.6 is 0 Å². The summed E-state index contributed by atoms with van der Waals surface area (Å²) < 4.78 is 0. The maximum atomic E-state index is 12.9. The van der Waals surface area contributed by atoms with Gasteiger partial charge in [0.25, 0.3) is 5.91 Å². The number of benzene rings is 2. The van der Waals surface area contributed by atoms with Gasteiger partial charge in [0, 0.05) is 5.69 Å². The van der Waals surface area contributed by atoms with Gasteiger partial charge in [0.1, 0.15) is 12.1 Å². The van der Waals surface area contributed by atoms with Crippen molar-refractivity contribution in [3.63, 3.8) is 0 Å². The maximum Gasteiger partial charge on any atom is 0.325 e. The summed E-state index contributed by atoms with van der Waals surface area (Å²) >= 11 is 0. The van der Waals surface area contributed by atoms with Gasteiger partial charge in [-0.25, -0.2) is 4.79 Å². The first-order valence-electron chi connectivity index (χ1n) is 8.77. The van der Waals surface area contributed by atoms with Gasteiger partial charge in [-0.1, -0.05) is 30.3 Å². The summed E-state index contributed by atoms with van der Waals surface area (Å²) in [6.07, 6.45) is 0. The highest BCUT2D eigenvalue weighted by molar-refractivity contribution is 6.10. The van der Waals surface area contributed by atoms with Crippen molar-refractivity contribution < 1.29 is 14.4 Å². The lowest BCUT2D eigenvalue weighted by Gasteiger charge is -2.22. The van der Waals surface area contributed by atoms with Crippen LogP contribution in [0.25, 0.3) is 0 Å². The second-order valence-corrected chi connectivity index (χ2v) is 6.95. The molecule has 7 heteroatoms. The summed E-state index contributed by atoms with van der Waals surface area (Å²) in [6.45, 7) is 4.94. The minimum Gasteiger partial charge on any atom is -0.324 e. The van der Waals surface area contributed by atoms with Crippen LogP contribution in [0.1, 0.15) is 29.2 Å². The number of nitriles is 1. The van der Waals surface area contributed by atoms with Gasteiger partial charge in [-0.05, 0) is 49.6 Å². The Labute approximate surface area is 163 Å². The highest BCUT2D eigenvalue weighted by Gasteiger charge is 2.49. The number of rotatable bonds is 4. The Morgan fingerprint density at radius 3 is 2.32 bits per heavy atom. The zero-order chi connectivity index (χ0) is 20.5. The van der Waals surface area contributed by atoms with Crippen molar-refractivity contribution in [3.05, 3.63) is 64.7 Å². The molecule has 1 unspecified atom stereocenters. The van der Waals surface area contributed by atoms with Crippen LogP contribution < -0.4 is 10.6 Å². The van der Waals surface area contributed by atoms with Gasteiger partial charge >= 0.3 is 6.03 Å². The number of urea groups is 1. The number of hydrogen-bond donors (Lipinski definition) is 2. The number of para-hydroxylation sites is 1. The van der Waals surface area contributed by atoms with E-state index in [2.05, 4.69) is 10.6 Å². The van der Waals surface area contributed by atoms with E-state index >= 15 is 0 Å². The number of carbonyl (C=O) groups excluding carboxylic acids is 3. The second kappa shape index (κ2) is 7.16. The number of anilines is 1. The molecule has 0 aliphatic carbocycles. The van der Waals surface area contributed by atoms with Crippen LogP contribution in [0.3, 0.4) is 0 Å². The topological polar surface area (TPSA) is 102 Å². The highest BCUT2D eigenvalue weighted by atomic mass is 16.2. The SMILES string of the molecule is Cc1cccc(C)c1NC(=O)CN1C(=O)NC(C)(c2ccc(C#N)cc2)C1=O. The lowest BCUT2D eigenvalue weighted by molar-refractivity contribution is -0.133. The maximum absolute atomic E-state index is 12.9. The Bertz CT molecular complexity index is 987. The monoisotopic (exact) mass is 376 g/mol. The van der Waals surface area contributed by atoms with E-state index in [1.54, 1.807) is 31.2 Å². The first-order chi connectivity index (χ1) is 13.3. The molecule has 0 radical (unpaired) electrons. The summed E-state index contributed by atoms with van der Waals surface area (Å²) in [4.78, 5) is 38.7. The van der Waals surface area contributed by atoms with Gasteiger partial charge in [0.05, 0.1) is 11.6 Å². The quantitative estimate of drug-likeness (QED) is 0.801. The fourth-order valence-electron chi connectivity index (χ4n) is 3.25. The van der Waals surface area contributed by atoms with E-state index in [9.17, 15) is 14.4 Å². The van der Waals surface area contributed by atoms with Crippen LogP contribution in [0, 0.1) is 25.2 Å². The van der Waals surface area contributed by atoms with E-state index in [1.807, 2.05) is 38.1 Å². The van der Waals surface area contributed by atoms with Gasteiger partial charge in [-0.3, -0.25) is 14.5 Å². The molecule has 1 saturated heterocycles. The van der Waals surface area contributed by atoms with Gasteiger partial charge < -0.3 is 10.6 Å². The van der Waals surface area contributed by atoms with Crippen LogP contribution in [0.4, 0.5) is 10.5 Å². The molecule has 1 fully saturated rings. The molecule has 3 rings (SSSR count). The molecule has 4 amide bonds. The first-order valence-corrected chi connectivity index (χ1v) is 8.77. The Morgan fingerprint density at radius 2 is 1.75 bits per heavy atom. The average molecular weight is 376 g/mol. The molecule has 1 heterocycles. The fraction of sp³-hybridized carbons (Fsp3) is 0.238. The number of aryl methyl sites for hydroxylation is 2. The molecular formula is C21H20N4O3. The van der Waals surface area contributed by atoms with Gasteiger partial charge in [-0.2, -0.15) is 5.26 Å². The summed E-state index contributed by atoms with van der Waals surface area (Å²) in [5.41, 5.74) is 2.18. The Kier molecular flexibility index (Phi) is 4.89. The number of hydrogen-bond acceptors (Lipinski definition) is 4. The summed E-state index contributed by atoms with van der Waals surface area (Å²) in [5.74, 6) is -0.969. The second-order valence-electron chi connectivity index (χ2n) is 6.95. The highest BCUT2D eigenvalue weighted by Crippen LogP contribution is 2.29. The first kappa shape index (κ1) is 19.1. The predicted octanol–water partition coefficient (Wildman–Crippen LogP) is 2.58. The van der Waals surface area contributed by atoms with Gasteiger partial charge in [0.15, 0.2) is 0 Å². The van der Waals surface area contributed by atoms with Gasteiger partial charge in [0.2, 0.25) is 5.91 Å². The molecule has 1 atom stereocenters. The van der Waals surface area contributed by atoms with Crippen molar-refractivity contribution in [3.8, 4) is 6.07 Å². The zero-order valence-corrected chi connectivity index (χ0v) is 15.9. The van der Waals surface area contributed by atoms with E-state index in [1.165, 1.54) is 0 Å². The molecule has 1 aliphatic heterocycles. The van der Waals surface area contributed by atoms with E-state index in [-0.39, 0.29) is 6.54 Å². The van der Waals surface area contributed by atoms with Crippen molar-refractivity contribution in [1.82, 2.24) is 10.2 Å². The Balaban J connectivity index is 1.78. The molecule has 0 bridgehead atoms. The number of amides is 4. The summed E-state index contributed by atoms with van der Waals surface area (Å²) in [6, 6.07) is 13.4. The van der Waals surface area contributed by atoms with Crippen molar-refractivity contribution in [1.29, 1.82) is 5.26 Å². The van der Waals surface area contributed by atoms with Crippen LogP contribution in [-0.4, -0.2) is 29.3 Å². The van der Waals surface area contributed by atoms with Crippen LogP contribution in [-0.2, 0) is 15.1 Å². The third-order valence-electron chi connectivity index (χ3n) is 4.91. The van der Waals surface area contributed by atoms with Crippen molar-refractivity contribution in [2.75, 3.05) is 11.9 Å². The van der Waals surface area contributed by atoms with Gasteiger partial charge in [-0.15, -0.1) is 0 Å². The summed E-state index contributed by atoms with van der Waals surface area (Å²) in [7, 11) is 0. The van der Waals surface area contributed by atoms with Crippen LogP contribution in [0.15, 0.2) is 42.5 Å². The molecule has 28 heavy (non-hydrogen) atoms. The third kappa shape index (κ3) is 3.32. The molecular weight excluding hydrogens is 356 g/mol. The molecule has 7 nitrogen and oxygen atoms in total. The smallest absolute Gasteiger partial charge is 0.324 e. The Hall–Kier alpha value is -3.66. The van der Waals surface area contributed by atoms with Crippen molar-refractivity contribution >= 4 is 23.5 Å². The van der Waals surface area contributed by atoms with Crippen molar-refractivity contribution in [2.45, 2.75) is 26.3 Å². The normalized spacial score (nSPS) is 18.6. The average Bonchev–Trinajstić information content (AvgIpc) is 2.89. The van der Waals surface area contributed by atoms with E-state index in [4.69, 9.17) is 5.26 Å². The Morgan fingerprint density at radius 1 is 1.14 bits per heavy atom. The molecule has 142 valence electrons. The number of imide groups is 1. The van der Waals surface area contributed by atoms with E-state index < -0.39 is 23.4 Å². The molecule has 2 aromatic carbocycles. The van der Waals surface area contributed by atoms with E-state index in [0.717, 1.165) is 16.0 Å². The molecule has 0 aromatic heterocycles. The number of nitrogens with zero attached hydrogens (tertiary/aromatic N) is 2. The van der Waals surface area contributed by atoms with E-state index in [0.29, 0.717) is 16.8 Å². The zero-order valence-electron chi connectivity index (χ0n) is 15.9. The minimum absolute atomic E-state index is 0.385. The van der Waals surface area contributed by atoms with Crippen LogP contribution in [0.2, 0.25) is 0 Å². The largest absolute Gasteiger partial charge is 0.325 e. The fourth-order valence-corrected chi connectivity index (χ4v) is 3.25. The molecule has 0 saturated carbocycles. The number of nitrogens with one attached hydrogen (secondary N) is 2. The summed E-state index contributed by atoms with van der Waals surface area (Å²) in [5, 5.41) is 14.3. The number of carbonyl (C=O) groups is 3. The minimum atomic E-state index is -1.29. The molecule has 1 aliphatic rings. The lowest BCUT2D eigenvalue weighted by Crippen LogP contribution is -2.42.